The molecule has 0 aromatic carbocycles. The summed E-state index contributed by atoms with van der Waals surface area (Å²) in [5.74, 6) is 1.48. The molecule has 1 aromatic heterocycles. The van der Waals surface area contributed by atoms with Crippen LogP contribution in [0.15, 0.2) is 0 Å². The van der Waals surface area contributed by atoms with Crippen LogP contribution in [0.5, 0.6) is 0 Å². The molecule has 3 nitrogen and oxygen atoms in total. The molecule has 0 spiro atoms. The third-order valence-corrected chi connectivity index (χ3v) is 5.13. The van der Waals surface area contributed by atoms with Crippen LogP contribution < -0.4 is 5.32 Å². The first-order valence-electron chi connectivity index (χ1n) is 7.82. The van der Waals surface area contributed by atoms with Crippen molar-refractivity contribution >= 4 is 0 Å². The van der Waals surface area contributed by atoms with E-state index < -0.39 is 0 Å². The van der Waals surface area contributed by atoms with Gasteiger partial charge in [0.15, 0.2) is 0 Å². The van der Waals surface area contributed by atoms with Crippen LogP contribution in [0.25, 0.3) is 0 Å². The van der Waals surface area contributed by atoms with Crippen LogP contribution in [0.1, 0.15) is 62.9 Å². The lowest BCUT2D eigenvalue weighted by atomic mass is 9.71. The molecule has 3 rings (SSSR count). The molecule has 3 heteroatoms. The topological polar surface area (TPSA) is 40.7 Å². The average Bonchev–Trinajstić information content (AvgIpc) is 2.81. The molecule has 0 bridgehead atoms. The molecule has 2 heterocycles. The number of rotatable bonds is 1. The Morgan fingerprint density at radius 1 is 1.11 bits per heavy atom. The fraction of sp³-hybridized carbons (Fsp3) is 0.812. The third kappa shape index (κ3) is 2.58. The molecule has 1 fully saturated rings. The van der Waals surface area contributed by atoms with Crippen LogP contribution in [0.4, 0.5) is 0 Å². The van der Waals surface area contributed by atoms with Gasteiger partial charge in [0.05, 0.1) is 5.69 Å². The number of hydrogen-bond donors (Lipinski definition) is 2. The number of aromatic nitrogens is 2. The first kappa shape index (κ1) is 13.2. The summed E-state index contributed by atoms with van der Waals surface area (Å²) in [6, 6.07) is 0. The molecule has 19 heavy (non-hydrogen) atoms. The smallest absolute Gasteiger partial charge is 0.0688 e. The SMILES string of the molecule is CC(C)(C)C1CCc2[nH]nc(C3CCNCC3)c2C1. The van der Waals surface area contributed by atoms with Crippen molar-refractivity contribution in [2.75, 3.05) is 13.1 Å². The quantitative estimate of drug-likeness (QED) is 0.816. The maximum absolute atomic E-state index is 4.69. The molecule has 106 valence electrons. The zero-order valence-corrected chi connectivity index (χ0v) is 12.6. The number of piperidine rings is 1. The Morgan fingerprint density at radius 3 is 2.53 bits per heavy atom. The average molecular weight is 261 g/mol. The summed E-state index contributed by atoms with van der Waals surface area (Å²) in [6.07, 6.45) is 6.23. The fourth-order valence-corrected chi connectivity index (χ4v) is 3.69. The predicted octanol–water partition coefficient (Wildman–Crippen LogP) is 3.03. The van der Waals surface area contributed by atoms with Gasteiger partial charge in [-0.3, -0.25) is 5.10 Å². The van der Waals surface area contributed by atoms with Crippen molar-refractivity contribution in [2.45, 2.75) is 58.8 Å². The summed E-state index contributed by atoms with van der Waals surface area (Å²) in [4.78, 5) is 0. The first-order chi connectivity index (χ1) is 9.05. The molecule has 0 amide bonds. The summed E-state index contributed by atoms with van der Waals surface area (Å²) in [5, 5.41) is 11.5. The van der Waals surface area contributed by atoms with E-state index in [4.69, 9.17) is 0 Å². The number of nitrogens with zero attached hydrogens (tertiary/aromatic N) is 1. The second-order valence-electron chi connectivity index (χ2n) is 7.40. The highest BCUT2D eigenvalue weighted by Gasteiger charge is 2.33. The Bertz CT molecular complexity index is 435. The van der Waals surface area contributed by atoms with Gasteiger partial charge in [0.2, 0.25) is 0 Å². The summed E-state index contributed by atoms with van der Waals surface area (Å²) in [7, 11) is 0. The highest BCUT2D eigenvalue weighted by molar-refractivity contribution is 5.31. The van der Waals surface area contributed by atoms with Crippen LogP contribution in [0, 0.1) is 11.3 Å². The van der Waals surface area contributed by atoms with Crippen molar-refractivity contribution in [3.05, 3.63) is 17.0 Å². The van der Waals surface area contributed by atoms with Gasteiger partial charge in [-0.05, 0) is 62.1 Å². The maximum atomic E-state index is 4.69. The lowest BCUT2D eigenvalue weighted by Gasteiger charge is -2.34. The molecular formula is C16H27N3. The van der Waals surface area contributed by atoms with Gasteiger partial charge in [0, 0.05) is 11.6 Å². The molecule has 1 saturated heterocycles. The standard InChI is InChI=1S/C16H27N3/c1-16(2,3)12-4-5-14-13(10-12)15(19-18-14)11-6-8-17-9-7-11/h11-12,17H,4-10H2,1-3H3,(H,18,19). The molecule has 1 aromatic rings. The van der Waals surface area contributed by atoms with Crippen molar-refractivity contribution in [1.29, 1.82) is 0 Å². The van der Waals surface area contributed by atoms with Crippen molar-refractivity contribution in [2.24, 2.45) is 11.3 Å². The Morgan fingerprint density at radius 2 is 1.84 bits per heavy atom. The summed E-state index contributed by atoms with van der Waals surface area (Å²) in [5.41, 5.74) is 4.80. The van der Waals surface area contributed by atoms with Crippen molar-refractivity contribution in [3.63, 3.8) is 0 Å². The molecule has 2 aliphatic rings. The normalized spacial score (nSPS) is 25.3. The number of aryl methyl sites for hydroxylation is 1. The minimum absolute atomic E-state index is 0.417. The van der Waals surface area contributed by atoms with Gasteiger partial charge in [0.25, 0.3) is 0 Å². The van der Waals surface area contributed by atoms with Crippen molar-refractivity contribution in [3.8, 4) is 0 Å². The van der Waals surface area contributed by atoms with E-state index in [0.717, 1.165) is 19.0 Å². The number of nitrogens with one attached hydrogen (secondary N) is 2. The van der Waals surface area contributed by atoms with Gasteiger partial charge in [-0.2, -0.15) is 5.10 Å². The van der Waals surface area contributed by atoms with Gasteiger partial charge in [0.1, 0.15) is 0 Å². The molecule has 1 atom stereocenters. The van der Waals surface area contributed by atoms with E-state index in [9.17, 15) is 0 Å². The minimum Gasteiger partial charge on any atom is -0.317 e. The van der Waals surface area contributed by atoms with Crippen LogP contribution in [0.3, 0.4) is 0 Å². The third-order valence-electron chi connectivity index (χ3n) is 5.13. The number of fused-ring (bicyclic) bond motifs is 1. The first-order valence-corrected chi connectivity index (χ1v) is 7.82. The molecule has 0 saturated carbocycles. The number of hydrogen-bond acceptors (Lipinski definition) is 2. The Hall–Kier alpha value is -0.830. The van der Waals surface area contributed by atoms with Crippen LogP contribution in [-0.2, 0) is 12.8 Å². The van der Waals surface area contributed by atoms with Gasteiger partial charge >= 0.3 is 0 Å². The molecule has 2 N–H and O–H groups in total. The molecule has 0 radical (unpaired) electrons. The Balaban J connectivity index is 1.84. The van der Waals surface area contributed by atoms with Crippen LogP contribution in [-0.4, -0.2) is 23.3 Å². The Kier molecular flexibility index (Phi) is 3.42. The van der Waals surface area contributed by atoms with E-state index in [2.05, 4.69) is 36.3 Å². The monoisotopic (exact) mass is 261 g/mol. The van der Waals surface area contributed by atoms with Crippen LogP contribution in [0.2, 0.25) is 0 Å². The van der Waals surface area contributed by atoms with Crippen LogP contribution >= 0.6 is 0 Å². The summed E-state index contributed by atoms with van der Waals surface area (Å²) in [6.45, 7) is 9.44. The highest BCUT2D eigenvalue weighted by atomic mass is 15.1. The van der Waals surface area contributed by atoms with E-state index in [-0.39, 0.29) is 0 Å². The van der Waals surface area contributed by atoms with E-state index >= 15 is 0 Å². The molecule has 1 aliphatic carbocycles. The minimum atomic E-state index is 0.417. The van der Waals surface area contributed by atoms with Gasteiger partial charge < -0.3 is 5.32 Å². The zero-order valence-electron chi connectivity index (χ0n) is 12.6. The lowest BCUT2D eigenvalue weighted by molar-refractivity contribution is 0.215. The predicted molar refractivity (Wildman–Crippen MR) is 78.4 cm³/mol. The second-order valence-corrected chi connectivity index (χ2v) is 7.40. The summed E-state index contributed by atoms with van der Waals surface area (Å²) >= 11 is 0. The van der Waals surface area contributed by atoms with Crippen molar-refractivity contribution < 1.29 is 0 Å². The van der Waals surface area contributed by atoms with Crippen molar-refractivity contribution in [1.82, 2.24) is 15.5 Å². The van der Waals surface area contributed by atoms with Gasteiger partial charge in [-0.15, -0.1) is 0 Å². The van der Waals surface area contributed by atoms with E-state index in [1.165, 1.54) is 43.5 Å². The fourth-order valence-electron chi connectivity index (χ4n) is 3.69. The maximum Gasteiger partial charge on any atom is 0.0688 e. The molecule has 1 unspecified atom stereocenters. The molecular weight excluding hydrogens is 234 g/mol. The zero-order chi connectivity index (χ0) is 13.5. The Labute approximate surface area is 116 Å². The summed E-state index contributed by atoms with van der Waals surface area (Å²) < 4.78 is 0. The van der Waals surface area contributed by atoms with Gasteiger partial charge in [-0.1, -0.05) is 20.8 Å². The number of H-pyrrole nitrogens is 1. The largest absolute Gasteiger partial charge is 0.317 e. The van der Waals surface area contributed by atoms with E-state index in [1.54, 1.807) is 5.56 Å². The lowest BCUT2D eigenvalue weighted by Crippen LogP contribution is -2.29. The molecule has 1 aliphatic heterocycles. The highest BCUT2D eigenvalue weighted by Crippen LogP contribution is 2.40. The second kappa shape index (κ2) is 4.93. The van der Waals surface area contributed by atoms with E-state index in [0.29, 0.717) is 11.3 Å². The number of aromatic amines is 1. The van der Waals surface area contributed by atoms with Gasteiger partial charge in [-0.25, -0.2) is 0 Å². The van der Waals surface area contributed by atoms with E-state index in [1.807, 2.05) is 0 Å².